The van der Waals surface area contributed by atoms with E-state index in [1.807, 2.05) is 7.05 Å². The average molecular weight is 380 g/mol. The predicted molar refractivity (Wildman–Crippen MR) is 86.2 cm³/mol. The molecule has 0 bridgehead atoms. The van der Waals surface area contributed by atoms with Crippen LogP contribution < -0.4 is 4.74 Å². The molecular weight excluding hydrogens is 357 g/mol. The third kappa shape index (κ3) is 6.58. The molecule has 1 amide bonds. The number of methoxy groups -OCH3 is 1. The molecule has 1 aromatic heterocycles. The minimum atomic E-state index is -5.08. The van der Waals surface area contributed by atoms with Crippen molar-refractivity contribution in [2.45, 2.75) is 31.5 Å². The Bertz CT molecular complexity index is 603. The summed E-state index contributed by atoms with van der Waals surface area (Å²) >= 11 is 0. The summed E-state index contributed by atoms with van der Waals surface area (Å²) in [6.07, 6.45) is -1.44. The number of likely N-dealkylation sites (tertiary alicyclic amines) is 1. The molecule has 1 N–H and O–H groups in total. The number of alkyl halides is 3. The van der Waals surface area contributed by atoms with Gasteiger partial charge < -0.3 is 24.1 Å². The normalized spacial score (nSPS) is 17.8. The summed E-state index contributed by atoms with van der Waals surface area (Å²) in [6, 6.07) is 3.76. The molecule has 1 saturated heterocycles. The Kier molecular flexibility index (Phi) is 7.94. The summed E-state index contributed by atoms with van der Waals surface area (Å²) in [4.78, 5) is 25.2. The number of hydrogen-bond donors (Lipinski definition) is 1. The van der Waals surface area contributed by atoms with Gasteiger partial charge in [-0.05, 0) is 32.5 Å². The standard InChI is InChI=1S/C14H22N2O3.C2HF3O2/c1-15-9-5-4-6-11(15)10-16(2)14(17)12-7-8-13(18-3)19-12;3-2(4,5)1(6)7/h7-8,11H,4-6,9-10H2,1-3H3;(H,6,7). The van der Waals surface area contributed by atoms with Crippen molar-refractivity contribution in [2.24, 2.45) is 0 Å². The van der Waals surface area contributed by atoms with Crippen LogP contribution in [-0.4, -0.2) is 73.3 Å². The molecular formula is C16H23F3N2O5. The number of piperidine rings is 1. The summed E-state index contributed by atoms with van der Waals surface area (Å²) in [5.41, 5.74) is 0. The SMILES string of the molecule is COc1ccc(C(=O)N(C)CC2CCCCN2C)o1.O=C(O)C(F)(F)F. The molecule has 0 aromatic carbocycles. The van der Waals surface area contributed by atoms with Gasteiger partial charge in [0.25, 0.3) is 11.9 Å². The maximum absolute atomic E-state index is 12.2. The van der Waals surface area contributed by atoms with Crippen LogP contribution in [0.2, 0.25) is 0 Å². The lowest BCUT2D eigenvalue weighted by molar-refractivity contribution is -0.192. The van der Waals surface area contributed by atoms with Crippen LogP contribution >= 0.6 is 0 Å². The molecule has 1 unspecified atom stereocenters. The summed E-state index contributed by atoms with van der Waals surface area (Å²) in [6.45, 7) is 1.85. The van der Waals surface area contributed by atoms with Gasteiger partial charge in [0.05, 0.1) is 7.11 Å². The second-order valence-electron chi connectivity index (χ2n) is 5.94. The first-order chi connectivity index (χ1) is 12.1. The molecule has 0 aliphatic carbocycles. The topological polar surface area (TPSA) is 83.2 Å². The van der Waals surface area contributed by atoms with E-state index in [0.717, 1.165) is 19.5 Å². The van der Waals surface area contributed by atoms with Gasteiger partial charge in [-0.1, -0.05) is 6.42 Å². The highest BCUT2D eigenvalue weighted by atomic mass is 19.4. The monoisotopic (exact) mass is 380 g/mol. The Hall–Kier alpha value is -2.23. The van der Waals surface area contributed by atoms with Crippen LogP contribution in [0.3, 0.4) is 0 Å². The molecule has 1 aliphatic heterocycles. The van der Waals surface area contributed by atoms with E-state index in [9.17, 15) is 18.0 Å². The van der Waals surface area contributed by atoms with Crippen molar-refractivity contribution in [3.05, 3.63) is 17.9 Å². The smallest absolute Gasteiger partial charge is 0.475 e. The predicted octanol–water partition coefficient (Wildman–Crippen LogP) is 2.48. The van der Waals surface area contributed by atoms with E-state index < -0.39 is 12.1 Å². The number of ether oxygens (including phenoxy) is 1. The number of carboxylic acid groups (broad SMARTS) is 1. The summed E-state index contributed by atoms with van der Waals surface area (Å²) < 4.78 is 42.0. The summed E-state index contributed by atoms with van der Waals surface area (Å²) in [5, 5.41) is 7.12. The number of furan rings is 1. The number of rotatable bonds is 4. The Morgan fingerprint density at radius 3 is 2.46 bits per heavy atom. The zero-order valence-corrected chi connectivity index (χ0v) is 14.9. The molecule has 26 heavy (non-hydrogen) atoms. The van der Waals surface area contributed by atoms with E-state index in [0.29, 0.717) is 17.7 Å². The Morgan fingerprint density at radius 2 is 2.00 bits per heavy atom. The van der Waals surface area contributed by atoms with Crippen molar-refractivity contribution < 1.29 is 37.0 Å². The lowest BCUT2D eigenvalue weighted by Gasteiger charge is -2.34. The maximum Gasteiger partial charge on any atom is 0.490 e. The van der Waals surface area contributed by atoms with E-state index in [2.05, 4.69) is 11.9 Å². The number of carbonyl (C=O) groups is 2. The number of amides is 1. The van der Waals surface area contributed by atoms with E-state index >= 15 is 0 Å². The van der Waals surface area contributed by atoms with Crippen LogP contribution in [-0.2, 0) is 4.79 Å². The van der Waals surface area contributed by atoms with Crippen molar-refractivity contribution in [2.75, 3.05) is 34.3 Å². The molecule has 2 heterocycles. The number of carbonyl (C=O) groups excluding carboxylic acids is 1. The third-order valence-corrected chi connectivity index (χ3v) is 3.99. The molecule has 7 nitrogen and oxygen atoms in total. The van der Waals surface area contributed by atoms with Crippen LogP contribution in [0.15, 0.2) is 16.5 Å². The number of nitrogens with zero attached hydrogens (tertiary/aromatic N) is 2. The Morgan fingerprint density at radius 1 is 1.38 bits per heavy atom. The third-order valence-electron chi connectivity index (χ3n) is 3.99. The van der Waals surface area contributed by atoms with Gasteiger partial charge in [-0.25, -0.2) is 4.79 Å². The van der Waals surface area contributed by atoms with Gasteiger partial charge in [0.2, 0.25) is 0 Å². The average Bonchev–Trinajstić information content (AvgIpc) is 3.05. The van der Waals surface area contributed by atoms with Gasteiger partial charge in [0.1, 0.15) is 0 Å². The Labute approximate surface area is 149 Å². The lowest BCUT2D eigenvalue weighted by Crippen LogP contribution is -2.45. The lowest BCUT2D eigenvalue weighted by atomic mass is 10.0. The zero-order chi connectivity index (χ0) is 19.9. The minimum absolute atomic E-state index is 0.0951. The molecule has 0 radical (unpaired) electrons. The second-order valence-corrected chi connectivity index (χ2v) is 5.94. The highest BCUT2D eigenvalue weighted by molar-refractivity contribution is 5.91. The molecule has 148 valence electrons. The van der Waals surface area contributed by atoms with Gasteiger partial charge in [0.15, 0.2) is 5.76 Å². The van der Waals surface area contributed by atoms with E-state index in [-0.39, 0.29) is 5.91 Å². The van der Waals surface area contributed by atoms with Crippen molar-refractivity contribution in [3.8, 4) is 5.95 Å². The molecule has 10 heteroatoms. The fourth-order valence-corrected chi connectivity index (χ4v) is 2.51. The van der Waals surface area contributed by atoms with Crippen molar-refractivity contribution >= 4 is 11.9 Å². The molecule has 1 fully saturated rings. The minimum Gasteiger partial charge on any atom is -0.475 e. The first kappa shape index (κ1) is 21.8. The number of likely N-dealkylation sites (N-methyl/N-ethyl adjacent to an activating group) is 2. The number of carboxylic acids is 1. The van der Waals surface area contributed by atoms with Gasteiger partial charge in [-0.15, -0.1) is 0 Å². The molecule has 1 aliphatic rings. The van der Waals surface area contributed by atoms with Crippen molar-refractivity contribution in [1.29, 1.82) is 0 Å². The van der Waals surface area contributed by atoms with Crippen molar-refractivity contribution in [1.82, 2.24) is 9.80 Å². The molecule has 0 saturated carbocycles. The molecule has 0 spiro atoms. The molecule has 1 atom stereocenters. The fraction of sp³-hybridized carbons (Fsp3) is 0.625. The van der Waals surface area contributed by atoms with Crippen LogP contribution in [0.5, 0.6) is 5.95 Å². The highest BCUT2D eigenvalue weighted by Crippen LogP contribution is 2.19. The van der Waals surface area contributed by atoms with Gasteiger partial charge in [-0.3, -0.25) is 4.79 Å². The van der Waals surface area contributed by atoms with Gasteiger partial charge >= 0.3 is 12.1 Å². The molecule has 2 rings (SSSR count). The largest absolute Gasteiger partial charge is 0.490 e. The van der Waals surface area contributed by atoms with Gasteiger partial charge in [-0.2, -0.15) is 13.2 Å². The second kappa shape index (κ2) is 9.46. The van der Waals surface area contributed by atoms with Crippen molar-refractivity contribution in [3.63, 3.8) is 0 Å². The Balaban J connectivity index is 0.000000412. The van der Waals surface area contributed by atoms with E-state index in [1.54, 1.807) is 17.0 Å². The fourth-order valence-electron chi connectivity index (χ4n) is 2.51. The highest BCUT2D eigenvalue weighted by Gasteiger charge is 2.38. The first-order valence-electron chi connectivity index (χ1n) is 7.96. The zero-order valence-electron chi connectivity index (χ0n) is 14.9. The summed E-state index contributed by atoms with van der Waals surface area (Å²) in [5.74, 6) is -2.15. The van der Waals surface area contributed by atoms with Crippen LogP contribution in [0.4, 0.5) is 13.2 Å². The van der Waals surface area contributed by atoms with Crippen LogP contribution in [0, 0.1) is 0 Å². The van der Waals surface area contributed by atoms with E-state index in [4.69, 9.17) is 19.1 Å². The van der Waals surface area contributed by atoms with Crippen LogP contribution in [0.1, 0.15) is 29.8 Å². The number of aliphatic carboxylic acids is 1. The number of halogens is 3. The first-order valence-corrected chi connectivity index (χ1v) is 7.96. The summed E-state index contributed by atoms with van der Waals surface area (Å²) in [7, 11) is 5.46. The van der Waals surface area contributed by atoms with Gasteiger partial charge in [0, 0.05) is 25.7 Å². The quantitative estimate of drug-likeness (QED) is 0.864. The molecule has 1 aromatic rings. The van der Waals surface area contributed by atoms with Crippen LogP contribution in [0.25, 0.3) is 0 Å². The van der Waals surface area contributed by atoms with E-state index in [1.165, 1.54) is 20.0 Å². The maximum atomic E-state index is 12.2. The number of hydrogen-bond acceptors (Lipinski definition) is 5.